The number of nitrogens with two attached hydrogens (primary N) is 1. The zero-order chi connectivity index (χ0) is 15.1. The van der Waals surface area contributed by atoms with Crippen LogP contribution in [0.5, 0.6) is 0 Å². The van der Waals surface area contributed by atoms with Crippen LogP contribution in [0.2, 0.25) is 5.02 Å². The van der Waals surface area contributed by atoms with Gasteiger partial charge in [0.25, 0.3) is 5.91 Å². The van der Waals surface area contributed by atoms with Crippen LogP contribution in [0.15, 0.2) is 18.2 Å². The van der Waals surface area contributed by atoms with Gasteiger partial charge in [0.2, 0.25) is 0 Å². The molecule has 1 saturated heterocycles. The van der Waals surface area contributed by atoms with Crippen LogP contribution >= 0.6 is 11.6 Å². The van der Waals surface area contributed by atoms with Crippen molar-refractivity contribution >= 4 is 23.2 Å². The highest BCUT2D eigenvalue weighted by Gasteiger charge is 2.15. The Morgan fingerprint density at radius 1 is 1.52 bits per heavy atom. The lowest BCUT2D eigenvalue weighted by Crippen LogP contribution is -2.26. The molecule has 1 aliphatic heterocycles. The van der Waals surface area contributed by atoms with Gasteiger partial charge in [0.1, 0.15) is 0 Å². The summed E-state index contributed by atoms with van der Waals surface area (Å²) in [5.74, 6) is -0.191. The van der Waals surface area contributed by atoms with Crippen molar-refractivity contribution in [1.82, 2.24) is 5.32 Å². The number of ether oxygens (including phenoxy) is 2. The molecule has 1 fully saturated rings. The van der Waals surface area contributed by atoms with Gasteiger partial charge in [-0.05, 0) is 37.5 Å². The zero-order valence-electron chi connectivity index (χ0n) is 11.9. The molecule has 3 N–H and O–H groups in total. The van der Waals surface area contributed by atoms with Gasteiger partial charge in [-0.3, -0.25) is 4.79 Å². The lowest BCUT2D eigenvalue weighted by molar-refractivity contribution is 0.0166. The van der Waals surface area contributed by atoms with Gasteiger partial charge in [0.15, 0.2) is 0 Å². The molecule has 1 unspecified atom stereocenters. The van der Waals surface area contributed by atoms with Crippen LogP contribution in [-0.2, 0) is 9.47 Å². The number of carbonyl (C=O) groups excluding carboxylic acids is 1. The Labute approximate surface area is 129 Å². The summed E-state index contributed by atoms with van der Waals surface area (Å²) < 4.78 is 11.0. The van der Waals surface area contributed by atoms with E-state index >= 15 is 0 Å². The minimum Gasteiger partial charge on any atom is -0.398 e. The van der Waals surface area contributed by atoms with E-state index in [-0.39, 0.29) is 12.0 Å². The molecule has 0 aliphatic carbocycles. The second-order valence-electron chi connectivity index (χ2n) is 5.05. The molecular weight excluding hydrogens is 292 g/mol. The molecule has 6 heteroatoms. The van der Waals surface area contributed by atoms with Crippen molar-refractivity contribution in [3.63, 3.8) is 0 Å². The molecule has 0 aromatic heterocycles. The van der Waals surface area contributed by atoms with Gasteiger partial charge in [0, 0.05) is 30.5 Å². The van der Waals surface area contributed by atoms with Gasteiger partial charge in [-0.25, -0.2) is 0 Å². The Kier molecular flexibility index (Phi) is 6.29. The van der Waals surface area contributed by atoms with Gasteiger partial charge in [-0.1, -0.05) is 11.6 Å². The summed E-state index contributed by atoms with van der Waals surface area (Å²) in [6.07, 6.45) is 3.19. The molecule has 116 valence electrons. The van der Waals surface area contributed by atoms with E-state index in [0.29, 0.717) is 36.0 Å². The van der Waals surface area contributed by atoms with Gasteiger partial charge in [0.05, 0.1) is 18.3 Å². The van der Waals surface area contributed by atoms with Crippen molar-refractivity contribution in [3.05, 3.63) is 28.8 Å². The molecule has 0 saturated carbocycles. The molecule has 0 bridgehead atoms. The number of halogens is 1. The summed E-state index contributed by atoms with van der Waals surface area (Å²) in [5, 5.41) is 3.33. The summed E-state index contributed by atoms with van der Waals surface area (Å²) in [4.78, 5) is 11.9. The molecule has 1 aromatic rings. The number of hydrogen-bond donors (Lipinski definition) is 2. The van der Waals surface area contributed by atoms with Crippen LogP contribution in [0.4, 0.5) is 5.69 Å². The van der Waals surface area contributed by atoms with Crippen molar-refractivity contribution in [2.75, 3.05) is 32.1 Å². The number of benzene rings is 1. The Morgan fingerprint density at radius 3 is 3.10 bits per heavy atom. The highest BCUT2D eigenvalue weighted by atomic mass is 35.5. The summed E-state index contributed by atoms with van der Waals surface area (Å²) >= 11 is 5.80. The SMILES string of the molecule is Nc1cc(Cl)ccc1C(=O)NCCCOCC1CCCO1. The van der Waals surface area contributed by atoms with Crippen molar-refractivity contribution in [1.29, 1.82) is 0 Å². The fraction of sp³-hybridized carbons (Fsp3) is 0.533. The monoisotopic (exact) mass is 312 g/mol. The smallest absolute Gasteiger partial charge is 0.253 e. The highest BCUT2D eigenvalue weighted by molar-refractivity contribution is 6.31. The van der Waals surface area contributed by atoms with Crippen LogP contribution in [0.25, 0.3) is 0 Å². The standard InChI is InChI=1S/C15H21ClN2O3/c16-11-4-5-13(14(17)9-11)15(19)18-6-2-7-20-10-12-3-1-8-21-12/h4-5,9,12H,1-3,6-8,10,17H2,(H,18,19). The first-order valence-corrected chi connectivity index (χ1v) is 7.57. The normalized spacial score (nSPS) is 17.9. The third kappa shape index (κ3) is 5.19. The van der Waals surface area contributed by atoms with Gasteiger partial charge in [-0.15, -0.1) is 0 Å². The minimum absolute atomic E-state index is 0.191. The quantitative estimate of drug-likeness (QED) is 0.598. The summed E-state index contributed by atoms with van der Waals surface area (Å²) in [6, 6.07) is 4.85. The lowest BCUT2D eigenvalue weighted by atomic mass is 10.1. The molecule has 1 atom stereocenters. The van der Waals surface area contributed by atoms with Crippen molar-refractivity contribution < 1.29 is 14.3 Å². The van der Waals surface area contributed by atoms with E-state index < -0.39 is 0 Å². The molecule has 1 amide bonds. The predicted molar refractivity (Wildman–Crippen MR) is 82.6 cm³/mol. The molecule has 5 nitrogen and oxygen atoms in total. The second-order valence-corrected chi connectivity index (χ2v) is 5.49. The van der Waals surface area contributed by atoms with Crippen molar-refractivity contribution in [2.24, 2.45) is 0 Å². The third-order valence-electron chi connectivity index (χ3n) is 3.34. The topological polar surface area (TPSA) is 73.6 Å². The Hall–Kier alpha value is -1.30. The van der Waals surface area contributed by atoms with Crippen LogP contribution in [-0.4, -0.2) is 38.4 Å². The number of rotatable bonds is 7. The van der Waals surface area contributed by atoms with Crippen LogP contribution in [0.1, 0.15) is 29.6 Å². The van der Waals surface area contributed by atoms with E-state index in [9.17, 15) is 4.79 Å². The van der Waals surface area contributed by atoms with E-state index in [1.54, 1.807) is 18.2 Å². The van der Waals surface area contributed by atoms with E-state index in [1.165, 1.54) is 0 Å². The summed E-state index contributed by atoms with van der Waals surface area (Å²) in [6.45, 7) is 2.63. The Morgan fingerprint density at radius 2 is 2.38 bits per heavy atom. The third-order valence-corrected chi connectivity index (χ3v) is 3.57. The van der Waals surface area contributed by atoms with Gasteiger partial charge >= 0.3 is 0 Å². The molecule has 1 aliphatic rings. The fourth-order valence-corrected chi connectivity index (χ4v) is 2.38. The Bertz CT molecular complexity index is 476. The largest absolute Gasteiger partial charge is 0.398 e. The minimum atomic E-state index is -0.191. The summed E-state index contributed by atoms with van der Waals surface area (Å²) in [5.41, 5.74) is 6.59. The maximum absolute atomic E-state index is 11.9. The number of anilines is 1. The summed E-state index contributed by atoms with van der Waals surface area (Å²) in [7, 11) is 0. The number of carbonyl (C=O) groups is 1. The first kappa shape index (κ1) is 16.1. The van der Waals surface area contributed by atoms with Crippen LogP contribution in [0, 0.1) is 0 Å². The van der Waals surface area contributed by atoms with E-state index in [2.05, 4.69) is 5.32 Å². The van der Waals surface area contributed by atoms with Crippen LogP contribution in [0.3, 0.4) is 0 Å². The first-order valence-electron chi connectivity index (χ1n) is 7.19. The fourth-order valence-electron chi connectivity index (χ4n) is 2.20. The molecule has 1 aromatic carbocycles. The predicted octanol–water partition coefficient (Wildman–Crippen LogP) is 2.24. The number of hydrogen-bond acceptors (Lipinski definition) is 4. The average Bonchev–Trinajstić information content (AvgIpc) is 2.95. The van der Waals surface area contributed by atoms with Crippen LogP contribution < -0.4 is 11.1 Å². The molecule has 0 spiro atoms. The van der Waals surface area contributed by atoms with Crippen molar-refractivity contribution in [2.45, 2.75) is 25.4 Å². The number of nitrogen functional groups attached to an aromatic ring is 1. The molecule has 21 heavy (non-hydrogen) atoms. The van der Waals surface area contributed by atoms with Gasteiger partial charge < -0.3 is 20.5 Å². The second kappa shape index (κ2) is 8.22. The van der Waals surface area contributed by atoms with E-state index in [1.807, 2.05) is 0 Å². The molecule has 2 rings (SSSR count). The van der Waals surface area contributed by atoms with Gasteiger partial charge in [-0.2, -0.15) is 0 Å². The molecular formula is C15H21ClN2O3. The number of nitrogens with one attached hydrogen (secondary N) is 1. The van der Waals surface area contributed by atoms with Crippen molar-refractivity contribution in [3.8, 4) is 0 Å². The molecule has 1 heterocycles. The maximum atomic E-state index is 11.9. The average molecular weight is 313 g/mol. The first-order chi connectivity index (χ1) is 10.2. The molecule has 0 radical (unpaired) electrons. The lowest BCUT2D eigenvalue weighted by Gasteiger charge is -2.11. The highest BCUT2D eigenvalue weighted by Crippen LogP contribution is 2.17. The van der Waals surface area contributed by atoms with E-state index in [0.717, 1.165) is 25.9 Å². The van der Waals surface area contributed by atoms with E-state index in [4.69, 9.17) is 26.8 Å². The Balaban J connectivity index is 1.60. The zero-order valence-corrected chi connectivity index (χ0v) is 12.7. The number of amides is 1. The maximum Gasteiger partial charge on any atom is 0.253 e.